The highest BCUT2D eigenvalue weighted by Crippen LogP contribution is 2.22. The number of hydrogen-bond acceptors (Lipinski definition) is 3. The molecule has 1 unspecified atom stereocenters. The average Bonchev–Trinajstić information content (AvgIpc) is 2.62. The fraction of sp³-hybridized carbons (Fsp3) is 0.550. The van der Waals surface area contributed by atoms with Crippen LogP contribution in [0, 0.1) is 0 Å². The molecule has 1 aromatic rings. The minimum absolute atomic E-state index is 0.101. The zero-order chi connectivity index (χ0) is 19.1. The molecule has 0 aromatic heterocycles. The molecule has 1 N–H and O–H groups in total. The lowest BCUT2D eigenvalue weighted by molar-refractivity contribution is -0.134. The van der Waals surface area contributed by atoms with E-state index in [1.165, 1.54) is 20.3 Å². The van der Waals surface area contributed by atoms with Crippen LogP contribution in [-0.4, -0.2) is 41.8 Å². The number of rotatable bonds is 6. The highest BCUT2D eigenvalue weighted by atomic mass is 16.2. The Morgan fingerprint density at radius 3 is 2.42 bits per heavy atom. The Morgan fingerprint density at radius 1 is 1.15 bits per heavy atom. The molecule has 2 rings (SSSR count). The summed E-state index contributed by atoms with van der Waals surface area (Å²) in [5.41, 5.74) is 1.41. The Kier molecular flexibility index (Phi) is 7.18. The lowest BCUT2D eigenvalue weighted by Gasteiger charge is -2.35. The van der Waals surface area contributed by atoms with Gasteiger partial charge in [-0.05, 0) is 49.9 Å². The molecule has 6 heteroatoms. The summed E-state index contributed by atoms with van der Waals surface area (Å²) in [6, 6.07) is 7.41. The van der Waals surface area contributed by atoms with E-state index < -0.39 is 0 Å². The summed E-state index contributed by atoms with van der Waals surface area (Å²) < 4.78 is 0. The zero-order valence-electron chi connectivity index (χ0n) is 16.0. The van der Waals surface area contributed by atoms with Crippen molar-refractivity contribution in [2.24, 2.45) is 0 Å². The van der Waals surface area contributed by atoms with E-state index in [0.29, 0.717) is 24.7 Å². The van der Waals surface area contributed by atoms with E-state index in [9.17, 15) is 14.4 Å². The molecule has 0 radical (unpaired) electrons. The molecule has 1 heterocycles. The van der Waals surface area contributed by atoms with Crippen LogP contribution < -0.4 is 10.2 Å². The normalized spacial score (nSPS) is 16.9. The second kappa shape index (κ2) is 9.36. The van der Waals surface area contributed by atoms with Gasteiger partial charge in [0.15, 0.2) is 0 Å². The molecule has 3 amide bonds. The minimum Gasteiger partial charge on any atom is -0.340 e. The molecule has 1 saturated heterocycles. The van der Waals surface area contributed by atoms with Crippen molar-refractivity contribution >= 4 is 29.1 Å². The number of hydrogen-bond donors (Lipinski definition) is 1. The molecular formula is C20H29N3O3. The Labute approximate surface area is 155 Å². The molecule has 1 aliphatic heterocycles. The second-order valence-corrected chi connectivity index (χ2v) is 6.79. The van der Waals surface area contributed by atoms with Gasteiger partial charge in [0.05, 0.1) is 0 Å². The number of piperidine rings is 1. The van der Waals surface area contributed by atoms with Crippen molar-refractivity contribution < 1.29 is 14.4 Å². The quantitative estimate of drug-likeness (QED) is 0.848. The zero-order valence-corrected chi connectivity index (χ0v) is 16.0. The van der Waals surface area contributed by atoms with Gasteiger partial charge in [0.25, 0.3) is 0 Å². The van der Waals surface area contributed by atoms with Crippen LogP contribution in [0.25, 0.3) is 0 Å². The van der Waals surface area contributed by atoms with Crippen LogP contribution in [0.5, 0.6) is 0 Å². The summed E-state index contributed by atoms with van der Waals surface area (Å²) in [5, 5.41) is 2.70. The predicted octanol–water partition coefficient (Wildman–Crippen LogP) is 3.18. The lowest BCUT2D eigenvalue weighted by Crippen LogP contribution is -2.44. The van der Waals surface area contributed by atoms with Gasteiger partial charge in [0.2, 0.25) is 17.7 Å². The molecule has 1 aromatic carbocycles. The molecule has 142 valence electrons. The van der Waals surface area contributed by atoms with E-state index in [0.717, 1.165) is 31.5 Å². The maximum Gasteiger partial charge on any atom is 0.224 e. The van der Waals surface area contributed by atoms with Crippen LogP contribution in [0.4, 0.5) is 11.4 Å². The summed E-state index contributed by atoms with van der Waals surface area (Å²) in [7, 11) is 0. The first-order valence-electron chi connectivity index (χ1n) is 9.37. The number of amides is 3. The van der Waals surface area contributed by atoms with Gasteiger partial charge in [-0.2, -0.15) is 0 Å². The van der Waals surface area contributed by atoms with Crippen LogP contribution in [0.3, 0.4) is 0 Å². The van der Waals surface area contributed by atoms with Crippen molar-refractivity contribution in [3.05, 3.63) is 24.3 Å². The Bertz CT molecular complexity index is 642. The highest BCUT2D eigenvalue weighted by molar-refractivity contribution is 5.93. The molecule has 1 aliphatic rings. The molecule has 1 atom stereocenters. The summed E-state index contributed by atoms with van der Waals surface area (Å²) in [6.07, 6.45) is 4.62. The van der Waals surface area contributed by atoms with Gasteiger partial charge in [0.1, 0.15) is 0 Å². The van der Waals surface area contributed by atoms with E-state index in [1.54, 1.807) is 29.2 Å². The summed E-state index contributed by atoms with van der Waals surface area (Å²) in [5.74, 6) is -0.118. The molecular weight excluding hydrogens is 330 g/mol. The molecule has 0 spiro atoms. The van der Waals surface area contributed by atoms with Crippen molar-refractivity contribution in [2.75, 3.05) is 23.3 Å². The maximum absolute atomic E-state index is 12.6. The lowest BCUT2D eigenvalue weighted by atomic mass is 9.99. The first-order chi connectivity index (χ1) is 12.4. The van der Waals surface area contributed by atoms with Crippen LogP contribution >= 0.6 is 0 Å². The first kappa shape index (κ1) is 19.9. The number of nitrogens with zero attached hydrogens (tertiary/aromatic N) is 2. The average molecular weight is 359 g/mol. The van der Waals surface area contributed by atoms with Crippen LogP contribution in [0.1, 0.15) is 52.9 Å². The molecule has 0 aliphatic carbocycles. The van der Waals surface area contributed by atoms with Gasteiger partial charge >= 0.3 is 0 Å². The van der Waals surface area contributed by atoms with Gasteiger partial charge in [0, 0.05) is 50.8 Å². The van der Waals surface area contributed by atoms with E-state index in [2.05, 4.69) is 12.2 Å². The van der Waals surface area contributed by atoms with Gasteiger partial charge in [-0.25, -0.2) is 0 Å². The smallest absolute Gasteiger partial charge is 0.224 e. The van der Waals surface area contributed by atoms with Gasteiger partial charge in [-0.1, -0.05) is 6.92 Å². The number of carbonyl (C=O) groups is 3. The van der Waals surface area contributed by atoms with Crippen molar-refractivity contribution in [1.29, 1.82) is 0 Å². The minimum atomic E-state index is -0.140. The Morgan fingerprint density at radius 2 is 1.85 bits per heavy atom. The third-order valence-electron chi connectivity index (χ3n) is 4.85. The van der Waals surface area contributed by atoms with Gasteiger partial charge < -0.3 is 15.1 Å². The van der Waals surface area contributed by atoms with Crippen molar-refractivity contribution in [3.8, 4) is 0 Å². The monoisotopic (exact) mass is 359 g/mol. The number of benzene rings is 1. The molecule has 0 saturated carbocycles. The van der Waals surface area contributed by atoms with Crippen molar-refractivity contribution in [3.63, 3.8) is 0 Å². The second-order valence-electron chi connectivity index (χ2n) is 6.79. The van der Waals surface area contributed by atoms with Gasteiger partial charge in [-0.3, -0.25) is 14.4 Å². The number of nitrogens with one attached hydrogen (secondary N) is 1. The van der Waals surface area contributed by atoms with Gasteiger partial charge in [-0.15, -0.1) is 0 Å². The van der Waals surface area contributed by atoms with Crippen molar-refractivity contribution in [2.45, 2.75) is 58.9 Å². The highest BCUT2D eigenvalue weighted by Gasteiger charge is 2.25. The van der Waals surface area contributed by atoms with E-state index in [4.69, 9.17) is 0 Å². The third-order valence-corrected chi connectivity index (χ3v) is 4.85. The summed E-state index contributed by atoms with van der Waals surface area (Å²) >= 11 is 0. The predicted molar refractivity (Wildman–Crippen MR) is 103 cm³/mol. The summed E-state index contributed by atoms with van der Waals surface area (Å²) in [6.45, 7) is 6.26. The third kappa shape index (κ3) is 5.31. The van der Waals surface area contributed by atoms with E-state index in [1.807, 2.05) is 4.90 Å². The largest absolute Gasteiger partial charge is 0.340 e. The van der Waals surface area contributed by atoms with Crippen LogP contribution in [-0.2, 0) is 14.4 Å². The fourth-order valence-electron chi connectivity index (χ4n) is 3.50. The van der Waals surface area contributed by atoms with Crippen LogP contribution in [0.15, 0.2) is 24.3 Å². The van der Waals surface area contributed by atoms with Crippen molar-refractivity contribution in [1.82, 2.24) is 4.90 Å². The maximum atomic E-state index is 12.6. The molecule has 0 bridgehead atoms. The molecule has 1 fully saturated rings. The number of likely N-dealkylation sites (tertiary alicyclic amines) is 1. The standard InChI is InChI=1S/C20H29N3O3/c1-4-18-7-5-6-13-23(18)20(26)12-14-22(16(3)25)19-10-8-17(9-11-19)21-15(2)24/h8-11,18H,4-7,12-14H2,1-3H3,(H,21,24). The Hall–Kier alpha value is -2.37. The Balaban J connectivity index is 2.00. The summed E-state index contributed by atoms with van der Waals surface area (Å²) in [4.78, 5) is 39.4. The number of anilines is 2. The molecule has 26 heavy (non-hydrogen) atoms. The van der Waals surface area contributed by atoms with E-state index >= 15 is 0 Å². The fourth-order valence-corrected chi connectivity index (χ4v) is 3.50. The topological polar surface area (TPSA) is 69.7 Å². The molecule has 6 nitrogen and oxygen atoms in total. The first-order valence-corrected chi connectivity index (χ1v) is 9.37. The SMILES string of the molecule is CCC1CCCCN1C(=O)CCN(C(C)=O)c1ccc(NC(C)=O)cc1. The number of carbonyl (C=O) groups excluding carboxylic acids is 3. The van der Waals surface area contributed by atoms with E-state index in [-0.39, 0.29) is 17.7 Å². The van der Waals surface area contributed by atoms with Crippen LogP contribution in [0.2, 0.25) is 0 Å².